The first kappa shape index (κ1) is 14.5. The molecule has 0 aromatic heterocycles. The summed E-state index contributed by atoms with van der Waals surface area (Å²) >= 11 is 5.87. The monoisotopic (exact) mass is 294 g/mol. The molecular weight excluding hydrogens is 280 g/mol. The third-order valence-electron chi connectivity index (χ3n) is 3.45. The number of nitrogens with zero attached hydrogens (tertiary/aromatic N) is 1. The van der Waals surface area contributed by atoms with Crippen LogP contribution in [0.5, 0.6) is 0 Å². The van der Waals surface area contributed by atoms with Crippen LogP contribution in [-0.4, -0.2) is 34.7 Å². The maximum absolute atomic E-state index is 12.6. The highest BCUT2D eigenvalue weighted by atomic mass is 35.5. The summed E-state index contributed by atoms with van der Waals surface area (Å²) in [5.74, 6) is -1.31. The van der Waals surface area contributed by atoms with Crippen molar-refractivity contribution in [2.75, 3.05) is 6.54 Å². The van der Waals surface area contributed by atoms with Gasteiger partial charge in [-0.05, 0) is 44.5 Å². The Labute approximate surface area is 121 Å². The van der Waals surface area contributed by atoms with Gasteiger partial charge in [0.15, 0.2) is 0 Å². The summed E-state index contributed by atoms with van der Waals surface area (Å²) in [5.41, 5.74) is 0.0681. The zero-order chi connectivity index (χ0) is 15.1. The van der Waals surface area contributed by atoms with E-state index in [0.717, 1.165) is 0 Å². The number of amides is 3. The normalized spacial score (nSPS) is 17.9. The summed E-state index contributed by atoms with van der Waals surface area (Å²) in [6, 6.07) is 4.89. The molecule has 1 saturated heterocycles. The van der Waals surface area contributed by atoms with E-state index in [2.05, 4.69) is 5.32 Å². The maximum Gasteiger partial charge on any atom is 0.255 e. The third kappa shape index (κ3) is 2.41. The number of carbonyl (C=O) groups is 3. The molecule has 1 N–H and O–H groups in total. The van der Waals surface area contributed by atoms with Gasteiger partial charge in [-0.2, -0.15) is 0 Å². The Balaban J connectivity index is 2.40. The van der Waals surface area contributed by atoms with E-state index < -0.39 is 17.4 Å². The molecule has 0 unspecified atom stereocenters. The van der Waals surface area contributed by atoms with Crippen LogP contribution in [0, 0.1) is 6.92 Å². The predicted octanol–water partition coefficient (Wildman–Crippen LogP) is 1.53. The highest BCUT2D eigenvalue weighted by Gasteiger charge is 2.43. The number of piperazine rings is 1. The molecule has 0 aliphatic carbocycles. The van der Waals surface area contributed by atoms with E-state index >= 15 is 0 Å². The van der Waals surface area contributed by atoms with Crippen molar-refractivity contribution >= 4 is 29.3 Å². The molecule has 1 aromatic rings. The van der Waals surface area contributed by atoms with Crippen LogP contribution in [0.3, 0.4) is 0 Å². The van der Waals surface area contributed by atoms with Gasteiger partial charge in [0.1, 0.15) is 12.1 Å². The molecule has 2 rings (SSSR count). The minimum Gasteiger partial charge on any atom is -0.315 e. The molecule has 106 valence electrons. The Morgan fingerprint density at radius 1 is 1.35 bits per heavy atom. The number of aryl methyl sites for hydroxylation is 1. The molecule has 0 saturated carbocycles. The molecule has 1 aliphatic rings. The van der Waals surface area contributed by atoms with E-state index in [-0.39, 0.29) is 12.5 Å². The van der Waals surface area contributed by atoms with Gasteiger partial charge in [-0.15, -0.1) is 0 Å². The van der Waals surface area contributed by atoms with Gasteiger partial charge in [0.05, 0.1) is 0 Å². The van der Waals surface area contributed by atoms with Gasteiger partial charge in [0.2, 0.25) is 5.91 Å². The zero-order valence-electron chi connectivity index (χ0n) is 11.5. The Morgan fingerprint density at radius 2 is 2.00 bits per heavy atom. The van der Waals surface area contributed by atoms with E-state index in [9.17, 15) is 14.4 Å². The molecule has 20 heavy (non-hydrogen) atoms. The lowest BCUT2D eigenvalue weighted by atomic mass is 9.96. The third-order valence-corrected chi connectivity index (χ3v) is 3.68. The summed E-state index contributed by atoms with van der Waals surface area (Å²) in [6.45, 7) is 4.84. The van der Waals surface area contributed by atoms with Gasteiger partial charge in [0, 0.05) is 10.6 Å². The summed E-state index contributed by atoms with van der Waals surface area (Å²) in [5, 5.41) is 2.77. The molecular formula is C14H15ClN2O3. The second-order valence-corrected chi connectivity index (χ2v) is 5.72. The van der Waals surface area contributed by atoms with Gasteiger partial charge in [-0.25, -0.2) is 0 Å². The first-order valence-electron chi connectivity index (χ1n) is 6.16. The molecule has 1 heterocycles. The lowest BCUT2D eigenvalue weighted by Gasteiger charge is -2.40. The lowest BCUT2D eigenvalue weighted by molar-refractivity contribution is -0.143. The Morgan fingerprint density at radius 3 is 2.60 bits per heavy atom. The molecule has 0 bridgehead atoms. The lowest BCUT2D eigenvalue weighted by Crippen LogP contribution is -2.65. The van der Waals surface area contributed by atoms with Gasteiger partial charge in [-0.3, -0.25) is 19.7 Å². The topological polar surface area (TPSA) is 66.5 Å². The zero-order valence-corrected chi connectivity index (χ0v) is 12.2. The second-order valence-electron chi connectivity index (χ2n) is 5.29. The molecule has 0 radical (unpaired) electrons. The number of nitrogens with one attached hydrogen (secondary N) is 1. The highest BCUT2D eigenvalue weighted by molar-refractivity contribution is 6.30. The predicted molar refractivity (Wildman–Crippen MR) is 74.5 cm³/mol. The molecule has 1 aliphatic heterocycles. The van der Waals surface area contributed by atoms with Gasteiger partial charge in [-0.1, -0.05) is 11.6 Å². The molecule has 0 atom stereocenters. The van der Waals surface area contributed by atoms with Crippen molar-refractivity contribution in [1.29, 1.82) is 0 Å². The Bertz CT molecular complexity index is 610. The van der Waals surface area contributed by atoms with Crippen molar-refractivity contribution in [3.05, 3.63) is 34.3 Å². The summed E-state index contributed by atoms with van der Waals surface area (Å²) in [7, 11) is 0. The standard InChI is InChI=1S/C14H15ClN2O3/c1-8-6-9(15)4-5-10(8)12(19)17-7-11(18)16-13(20)14(17,2)3/h4-6H,7H2,1-3H3,(H,16,18,20). The van der Waals surface area contributed by atoms with E-state index in [4.69, 9.17) is 11.6 Å². The van der Waals surface area contributed by atoms with Crippen LogP contribution in [-0.2, 0) is 9.59 Å². The van der Waals surface area contributed by atoms with Gasteiger partial charge >= 0.3 is 0 Å². The number of hydrogen-bond donors (Lipinski definition) is 1. The van der Waals surface area contributed by atoms with E-state index in [1.165, 1.54) is 4.90 Å². The summed E-state index contributed by atoms with van der Waals surface area (Å²) in [6.07, 6.45) is 0. The van der Waals surface area contributed by atoms with Crippen LogP contribution < -0.4 is 5.32 Å². The number of carbonyl (C=O) groups excluding carboxylic acids is 3. The smallest absolute Gasteiger partial charge is 0.255 e. The molecule has 0 spiro atoms. The quantitative estimate of drug-likeness (QED) is 0.799. The highest BCUT2D eigenvalue weighted by Crippen LogP contribution is 2.23. The van der Waals surface area contributed by atoms with Crippen molar-refractivity contribution in [3.8, 4) is 0 Å². The minimum atomic E-state index is -1.07. The Kier molecular flexibility index (Phi) is 3.56. The van der Waals surface area contributed by atoms with Gasteiger partial charge < -0.3 is 4.90 Å². The van der Waals surface area contributed by atoms with Crippen molar-refractivity contribution in [1.82, 2.24) is 10.2 Å². The summed E-state index contributed by atoms with van der Waals surface area (Å²) < 4.78 is 0. The molecule has 1 aromatic carbocycles. The molecule has 3 amide bonds. The molecule has 5 nitrogen and oxygen atoms in total. The number of imide groups is 1. The molecule has 6 heteroatoms. The van der Waals surface area contributed by atoms with Crippen molar-refractivity contribution < 1.29 is 14.4 Å². The SMILES string of the molecule is Cc1cc(Cl)ccc1C(=O)N1CC(=O)NC(=O)C1(C)C. The van der Waals surface area contributed by atoms with Crippen molar-refractivity contribution in [2.24, 2.45) is 0 Å². The fourth-order valence-electron chi connectivity index (χ4n) is 2.12. The first-order valence-corrected chi connectivity index (χ1v) is 6.53. The first-order chi connectivity index (χ1) is 9.23. The largest absolute Gasteiger partial charge is 0.315 e. The molecule has 1 fully saturated rings. The maximum atomic E-state index is 12.6. The van der Waals surface area contributed by atoms with Crippen LogP contribution in [0.1, 0.15) is 29.8 Å². The van der Waals surface area contributed by atoms with Crippen LogP contribution in [0.2, 0.25) is 5.02 Å². The minimum absolute atomic E-state index is 0.139. The van der Waals surface area contributed by atoms with Crippen molar-refractivity contribution in [2.45, 2.75) is 26.3 Å². The number of benzene rings is 1. The number of halogens is 1. The van der Waals surface area contributed by atoms with Crippen LogP contribution in [0.15, 0.2) is 18.2 Å². The average molecular weight is 295 g/mol. The van der Waals surface area contributed by atoms with E-state index in [1.807, 2.05) is 0 Å². The average Bonchev–Trinajstić information content (AvgIpc) is 2.33. The number of rotatable bonds is 1. The van der Waals surface area contributed by atoms with Crippen LogP contribution in [0.4, 0.5) is 0 Å². The van der Waals surface area contributed by atoms with Gasteiger partial charge in [0.25, 0.3) is 11.8 Å². The van der Waals surface area contributed by atoms with Crippen molar-refractivity contribution in [3.63, 3.8) is 0 Å². The van der Waals surface area contributed by atoms with E-state index in [0.29, 0.717) is 16.1 Å². The second kappa shape index (κ2) is 4.90. The fraction of sp³-hybridized carbons (Fsp3) is 0.357. The summed E-state index contributed by atoms with van der Waals surface area (Å²) in [4.78, 5) is 37.2. The Hall–Kier alpha value is -1.88. The van der Waals surface area contributed by atoms with E-state index in [1.54, 1.807) is 39.0 Å². The fourth-order valence-corrected chi connectivity index (χ4v) is 2.35. The van der Waals surface area contributed by atoms with Crippen LogP contribution >= 0.6 is 11.6 Å². The number of hydrogen-bond acceptors (Lipinski definition) is 3. The van der Waals surface area contributed by atoms with Crippen LogP contribution in [0.25, 0.3) is 0 Å².